The molecular formula is C19H23N3O2. The zero-order chi connectivity index (χ0) is 16.5. The van der Waals surface area contributed by atoms with Gasteiger partial charge in [0.2, 0.25) is 5.91 Å². The summed E-state index contributed by atoms with van der Waals surface area (Å²) in [5.74, 6) is 2.41. The van der Waals surface area contributed by atoms with Crippen molar-refractivity contribution < 1.29 is 4.79 Å². The Morgan fingerprint density at radius 2 is 2.12 bits per heavy atom. The predicted octanol–water partition coefficient (Wildman–Crippen LogP) is 2.34. The van der Waals surface area contributed by atoms with Crippen LogP contribution in [0.2, 0.25) is 0 Å². The molecule has 0 aliphatic heterocycles. The Bertz CT molecular complexity index is 814. The molecule has 1 aromatic carbocycles. The summed E-state index contributed by atoms with van der Waals surface area (Å²) in [6, 6.07) is 7.29. The van der Waals surface area contributed by atoms with Crippen LogP contribution in [0.3, 0.4) is 0 Å². The van der Waals surface area contributed by atoms with Crippen LogP contribution in [0.15, 0.2) is 35.4 Å². The van der Waals surface area contributed by atoms with Crippen molar-refractivity contribution in [1.29, 1.82) is 0 Å². The fourth-order valence-electron chi connectivity index (χ4n) is 4.45. The molecule has 126 valence electrons. The Morgan fingerprint density at radius 1 is 1.25 bits per heavy atom. The Balaban J connectivity index is 1.32. The van der Waals surface area contributed by atoms with E-state index >= 15 is 0 Å². The molecule has 4 rings (SSSR count). The van der Waals surface area contributed by atoms with E-state index in [9.17, 15) is 9.59 Å². The molecular weight excluding hydrogens is 302 g/mol. The number of fused-ring (bicyclic) bond motifs is 3. The number of carbonyl (C=O) groups excluding carboxylic acids is 1. The van der Waals surface area contributed by atoms with Gasteiger partial charge in [-0.3, -0.25) is 14.2 Å². The Hall–Kier alpha value is -2.17. The average Bonchev–Trinajstić information content (AvgIpc) is 3.22. The van der Waals surface area contributed by atoms with E-state index in [1.54, 1.807) is 6.07 Å². The molecule has 2 fully saturated rings. The smallest absolute Gasteiger partial charge is 0.261 e. The lowest BCUT2D eigenvalue weighted by atomic mass is 9.89. The number of rotatable bonds is 5. The topological polar surface area (TPSA) is 64.0 Å². The third kappa shape index (κ3) is 2.95. The number of aromatic nitrogens is 2. The monoisotopic (exact) mass is 325 g/mol. The molecule has 2 bridgehead atoms. The molecule has 0 spiro atoms. The highest BCUT2D eigenvalue weighted by Crippen LogP contribution is 2.47. The summed E-state index contributed by atoms with van der Waals surface area (Å²) >= 11 is 0. The number of benzene rings is 1. The molecule has 1 amide bonds. The van der Waals surface area contributed by atoms with Gasteiger partial charge in [0, 0.05) is 19.5 Å². The predicted molar refractivity (Wildman–Crippen MR) is 92.6 cm³/mol. The number of hydrogen-bond donors (Lipinski definition) is 1. The molecule has 0 unspecified atom stereocenters. The van der Waals surface area contributed by atoms with Gasteiger partial charge in [0.1, 0.15) is 0 Å². The van der Waals surface area contributed by atoms with E-state index < -0.39 is 0 Å². The summed E-state index contributed by atoms with van der Waals surface area (Å²) in [6.45, 7) is 1.17. The van der Waals surface area contributed by atoms with Crippen molar-refractivity contribution in [3.8, 4) is 0 Å². The van der Waals surface area contributed by atoms with Crippen molar-refractivity contribution in [2.24, 2.45) is 17.8 Å². The number of carbonyl (C=O) groups is 1. The maximum atomic E-state index is 12.4. The Morgan fingerprint density at radius 3 is 2.92 bits per heavy atom. The van der Waals surface area contributed by atoms with Crippen LogP contribution >= 0.6 is 0 Å². The molecule has 2 aromatic rings. The second-order valence-corrected chi connectivity index (χ2v) is 7.25. The van der Waals surface area contributed by atoms with Crippen LogP contribution < -0.4 is 10.9 Å². The molecule has 1 N–H and O–H groups in total. The molecule has 0 saturated heterocycles. The lowest BCUT2D eigenvalue weighted by molar-refractivity contribution is -0.121. The molecule has 0 radical (unpaired) electrons. The van der Waals surface area contributed by atoms with E-state index in [1.165, 1.54) is 36.6 Å². The van der Waals surface area contributed by atoms with E-state index in [-0.39, 0.29) is 11.5 Å². The maximum absolute atomic E-state index is 12.4. The first-order chi connectivity index (χ1) is 11.7. The summed E-state index contributed by atoms with van der Waals surface area (Å²) in [5, 5.41) is 3.66. The van der Waals surface area contributed by atoms with E-state index in [1.807, 2.05) is 18.2 Å². The first-order valence-corrected chi connectivity index (χ1v) is 8.91. The number of amides is 1. The van der Waals surface area contributed by atoms with Gasteiger partial charge in [-0.15, -0.1) is 0 Å². The average molecular weight is 325 g/mol. The lowest BCUT2D eigenvalue weighted by Gasteiger charge is -2.21. The number of para-hydroxylation sites is 1. The Labute approximate surface area is 141 Å². The van der Waals surface area contributed by atoms with E-state index in [4.69, 9.17) is 0 Å². The quantitative estimate of drug-likeness (QED) is 0.918. The van der Waals surface area contributed by atoms with Crippen molar-refractivity contribution in [3.63, 3.8) is 0 Å². The minimum Gasteiger partial charge on any atom is -0.356 e. The van der Waals surface area contributed by atoms with Crippen molar-refractivity contribution in [1.82, 2.24) is 14.9 Å². The van der Waals surface area contributed by atoms with Crippen LogP contribution in [-0.2, 0) is 11.3 Å². The minimum atomic E-state index is -0.0819. The second kappa shape index (κ2) is 6.38. The van der Waals surface area contributed by atoms with Crippen LogP contribution in [0.4, 0.5) is 0 Å². The van der Waals surface area contributed by atoms with Crippen LogP contribution in [0.1, 0.15) is 32.1 Å². The number of aryl methyl sites for hydroxylation is 1. The highest BCUT2D eigenvalue weighted by atomic mass is 16.1. The third-order valence-corrected chi connectivity index (χ3v) is 5.76. The van der Waals surface area contributed by atoms with Crippen LogP contribution in [-0.4, -0.2) is 22.0 Å². The van der Waals surface area contributed by atoms with E-state index in [2.05, 4.69) is 10.3 Å². The summed E-state index contributed by atoms with van der Waals surface area (Å²) in [4.78, 5) is 28.8. The molecule has 24 heavy (non-hydrogen) atoms. The largest absolute Gasteiger partial charge is 0.356 e. The van der Waals surface area contributed by atoms with Crippen molar-refractivity contribution in [2.75, 3.05) is 6.54 Å². The highest BCUT2D eigenvalue weighted by molar-refractivity contribution is 5.77. The molecule has 1 aromatic heterocycles. The highest BCUT2D eigenvalue weighted by Gasteiger charge is 2.39. The molecule has 3 atom stereocenters. The summed E-state index contributed by atoms with van der Waals surface area (Å²) in [7, 11) is 0. The zero-order valence-corrected chi connectivity index (χ0v) is 13.8. The van der Waals surface area contributed by atoms with Gasteiger partial charge in [-0.1, -0.05) is 18.6 Å². The first kappa shape index (κ1) is 15.4. The summed E-state index contributed by atoms with van der Waals surface area (Å²) < 4.78 is 1.53. The second-order valence-electron chi connectivity index (χ2n) is 7.25. The van der Waals surface area contributed by atoms with Crippen LogP contribution in [0, 0.1) is 17.8 Å². The molecule has 5 nitrogen and oxygen atoms in total. The van der Waals surface area contributed by atoms with Crippen molar-refractivity contribution in [2.45, 2.75) is 38.6 Å². The maximum Gasteiger partial charge on any atom is 0.261 e. The molecule has 2 aliphatic carbocycles. The van der Waals surface area contributed by atoms with Gasteiger partial charge in [0.05, 0.1) is 17.2 Å². The number of nitrogens with one attached hydrogen (secondary N) is 1. The summed E-state index contributed by atoms with van der Waals surface area (Å²) in [5.41, 5.74) is 0.612. The standard InChI is InChI=1S/C19H23N3O2/c23-18(20-11-15-10-13-5-6-14(15)9-13)7-8-22-12-21-17-4-2-1-3-16(17)19(22)24/h1-4,12-15H,5-11H2,(H,20,23)/t13-,14-,15-/m0/s1. The molecule has 2 saturated carbocycles. The van der Waals surface area contributed by atoms with Gasteiger partial charge in [-0.25, -0.2) is 4.98 Å². The SMILES string of the molecule is O=C(CCn1cnc2ccccc2c1=O)NC[C@@H]1C[C@H]2CC[C@H]1C2. The number of hydrogen-bond acceptors (Lipinski definition) is 3. The lowest BCUT2D eigenvalue weighted by Crippen LogP contribution is -2.33. The van der Waals surface area contributed by atoms with Gasteiger partial charge < -0.3 is 5.32 Å². The van der Waals surface area contributed by atoms with Gasteiger partial charge in [-0.05, 0) is 49.1 Å². The Kier molecular flexibility index (Phi) is 4.08. The van der Waals surface area contributed by atoms with Crippen LogP contribution in [0.5, 0.6) is 0 Å². The fraction of sp³-hybridized carbons (Fsp3) is 0.526. The normalized spacial score (nSPS) is 25.2. The van der Waals surface area contributed by atoms with Crippen LogP contribution in [0.25, 0.3) is 10.9 Å². The fourth-order valence-corrected chi connectivity index (χ4v) is 4.45. The van der Waals surface area contributed by atoms with E-state index in [0.29, 0.717) is 29.8 Å². The van der Waals surface area contributed by atoms with Crippen molar-refractivity contribution in [3.05, 3.63) is 40.9 Å². The van der Waals surface area contributed by atoms with Gasteiger partial charge in [0.25, 0.3) is 5.56 Å². The molecule has 2 aliphatic rings. The minimum absolute atomic E-state index is 0.0258. The number of nitrogens with zero attached hydrogens (tertiary/aromatic N) is 2. The summed E-state index contributed by atoms with van der Waals surface area (Å²) in [6.07, 6.45) is 7.21. The third-order valence-electron chi connectivity index (χ3n) is 5.76. The molecule has 5 heteroatoms. The van der Waals surface area contributed by atoms with Gasteiger partial charge >= 0.3 is 0 Å². The van der Waals surface area contributed by atoms with Gasteiger partial charge in [-0.2, -0.15) is 0 Å². The zero-order valence-electron chi connectivity index (χ0n) is 13.8. The van der Waals surface area contributed by atoms with E-state index in [0.717, 1.165) is 18.4 Å². The van der Waals surface area contributed by atoms with Crippen molar-refractivity contribution >= 4 is 16.8 Å². The first-order valence-electron chi connectivity index (χ1n) is 8.91. The molecule has 1 heterocycles. The van der Waals surface area contributed by atoms with Gasteiger partial charge in [0.15, 0.2) is 0 Å².